The summed E-state index contributed by atoms with van der Waals surface area (Å²) in [4.78, 5) is 15.2. The second kappa shape index (κ2) is 4.16. The van der Waals surface area contributed by atoms with E-state index in [1.54, 1.807) is 6.07 Å². The van der Waals surface area contributed by atoms with Crippen LogP contribution in [0, 0.1) is 6.92 Å². The number of rotatable bonds is 1. The highest BCUT2D eigenvalue weighted by Crippen LogP contribution is 2.33. The van der Waals surface area contributed by atoms with Crippen LogP contribution in [-0.4, -0.2) is 21.2 Å². The molecule has 6 heteroatoms. The molecular formula is C11H7BrClNO3. The molecule has 0 unspecified atom stereocenters. The van der Waals surface area contributed by atoms with E-state index in [1.165, 1.54) is 13.0 Å². The summed E-state index contributed by atoms with van der Waals surface area (Å²) in [5.41, 5.74) is 0.602. The summed E-state index contributed by atoms with van der Waals surface area (Å²) in [6.07, 6.45) is 0. The number of nitrogens with zero attached hydrogens (tertiary/aromatic N) is 1. The molecule has 1 aromatic heterocycles. The van der Waals surface area contributed by atoms with E-state index in [-0.39, 0.29) is 17.0 Å². The summed E-state index contributed by atoms with van der Waals surface area (Å²) in [6.45, 7) is 1.50. The van der Waals surface area contributed by atoms with Crippen LogP contribution in [0.25, 0.3) is 10.9 Å². The zero-order valence-electron chi connectivity index (χ0n) is 8.66. The van der Waals surface area contributed by atoms with Gasteiger partial charge in [-0.1, -0.05) is 11.6 Å². The normalized spacial score (nSPS) is 10.8. The van der Waals surface area contributed by atoms with Crippen LogP contribution in [0.3, 0.4) is 0 Å². The van der Waals surface area contributed by atoms with E-state index in [0.717, 1.165) is 0 Å². The topological polar surface area (TPSA) is 70.4 Å². The number of pyridine rings is 1. The number of aromatic hydroxyl groups is 1. The van der Waals surface area contributed by atoms with Gasteiger partial charge in [-0.3, -0.25) is 0 Å². The van der Waals surface area contributed by atoms with Crippen molar-refractivity contribution in [2.45, 2.75) is 6.92 Å². The summed E-state index contributed by atoms with van der Waals surface area (Å²) in [5, 5.41) is 19.6. The highest BCUT2D eigenvalue weighted by molar-refractivity contribution is 9.10. The highest BCUT2D eigenvalue weighted by atomic mass is 79.9. The van der Waals surface area contributed by atoms with Gasteiger partial charge in [0, 0.05) is 20.4 Å². The van der Waals surface area contributed by atoms with Crippen molar-refractivity contribution in [3.8, 4) is 5.88 Å². The fourth-order valence-corrected chi connectivity index (χ4v) is 2.55. The van der Waals surface area contributed by atoms with Crippen molar-refractivity contribution < 1.29 is 15.0 Å². The molecule has 0 fully saturated rings. The average Bonchev–Trinajstić information content (AvgIpc) is 2.20. The minimum Gasteiger partial charge on any atom is -0.493 e. The van der Waals surface area contributed by atoms with Gasteiger partial charge in [0.1, 0.15) is 0 Å². The Balaban J connectivity index is 3.03. The van der Waals surface area contributed by atoms with E-state index in [0.29, 0.717) is 20.4 Å². The maximum absolute atomic E-state index is 11.2. The number of benzene rings is 1. The standard InChI is InChI=1S/C11H7BrClNO3/c1-4-8(11(16)17)6-2-5(13)3-7(12)9(6)14-10(4)15/h2-3H,1H3,(H,14,15)(H,16,17). The van der Waals surface area contributed by atoms with E-state index < -0.39 is 5.97 Å². The lowest BCUT2D eigenvalue weighted by atomic mass is 10.0. The molecule has 0 aliphatic carbocycles. The van der Waals surface area contributed by atoms with E-state index in [9.17, 15) is 15.0 Å². The molecule has 17 heavy (non-hydrogen) atoms. The van der Waals surface area contributed by atoms with Crippen LogP contribution >= 0.6 is 27.5 Å². The van der Waals surface area contributed by atoms with Crippen LogP contribution in [0.15, 0.2) is 16.6 Å². The molecular weight excluding hydrogens is 309 g/mol. The van der Waals surface area contributed by atoms with Crippen molar-refractivity contribution in [1.29, 1.82) is 0 Å². The number of carboxylic acid groups (broad SMARTS) is 1. The van der Waals surface area contributed by atoms with Gasteiger partial charge >= 0.3 is 5.97 Å². The third-order valence-electron chi connectivity index (χ3n) is 2.44. The number of hydrogen-bond acceptors (Lipinski definition) is 3. The summed E-state index contributed by atoms with van der Waals surface area (Å²) >= 11 is 9.12. The Bertz CT molecular complexity index is 642. The summed E-state index contributed by atoms with van der Waals surface area (Å²) in [5.74, 6) is -1.42. The second-order valence-corrected chi connectivity index (χ2v) is 4.82. The van der Waals surface area contributed by atoms with Crippen LogP contribution in [0.2, 0.25) is 5.02 Å². The molecule has 2 rings (SSSR count). The van der Waals surface area contributed by atoms with Crippen LogP contribution < -0.4 is 0 Å². The Morgan fingerprint density at radius 3 is 2.71 bits per heavy atom. The Labute approximate surface area is 110 Å². The van der Waals surface area contributed by atoms with Gasteiger partial charge in [0.2, 0.25) is 5.88 Å². The van der Waals surface area contributed by atoms with Gasteiger partial charge < -0.3 is 10.2 Å². The molecule has 0 aliphatic rings. The van der Waals surface area contributed by atoms with Crippen LogP contribution in [0.1, 0.15) is 15.9 Å². The number of fused-ring (bicyclic) bond motifs is 1. The van der Waals surface area contributed by atoms with Gasteiger partial charge in [0.25, 0.3) is 0 Å². The number of aromatic nitrogens is 1. The van der Waals surface area contributed by atoms with Crippen molar-refractivity contribution in [3.05, 3.63) is 32.8 Å². The molecule has 88 valence electrons. The predicted octanol–water partition coefficient (Wildman–Crippen LogP) is 3.36. The highest BCUT2D eigenvalue weighted by Gasteiger charge is 2.18. The average molecular weight is 317 g/mol. The minimum atomic E-state index is -1.13. The summed E-state index contributed by atoms with van der Waals surface area (Å²) < 4.78 is 0.540. The molecule has 2 aromatic rings. The lowest BCUT2D eigenvalue weighted by Crippen LogP contribution is -2.03. The number of aromatic carboxylic acids is 1. The van der Waals surface area contributed by atoms with Gasteiger partial charge in [0.05, 0.1) is 11.1 Å². The van der Waals surface area contributed by atoms with Gasteiger partial charge in [-0.15, -0.1) is 0 Å². The van der Waals surface area contributed by atoms with Crippen molar-refractivity contribution in [3.63, 3.8) is 0 Å². The number of halogens is 2. The quantitative estimate of drug-likeness (QED) is 0.846. The van der Waals surface area contributed by atoms with Crippen LogP contribution in [0.5, 0.6) is 5.88 Å². The lowest BCUT2D eigenvalue weighted by molar-refractivity contribution is 0.0697. The first-order valence-corrected chi connectivity index (χ1v) is 5.80. The Hall–Kier alpha value is -1.33. The van der Waals surface area contributed by atoms with Gasteiger partial charge in [-0.2, -0.15) is 0 Å². The zero-order chi connectivity index (χ0) is 12.7. The molecule has 0 saturated carbocycles. The van der Waals surface area contributed by atoms with E-state index >= 15 is 0 Å². The van der Waals surface area contributed by atoms with Gasteiger partial charge in [0.15, 0.2) is 0 Å². The molecule has 0 aliphatic heterocycles. The molecule has 1 heterocycles. The molecule has 0 radical (unpaired) electrons. The van der Waals surface area contributed by atoms with E-state index in [2.05, 4.69) is 20.9 Å². The number of hydrogen-bond donors (Lipinski definition) is 2. The first kappa shape index (κ1) is 12.1. The van der Waals surface area contributed by atoms with Gasteiger partial charge in [-0.05, 0) is 35.0 Å². The van der Waals surface area contributed by atoms with Crippen molar-refractivity contribution >= 4 is 44.4 Å². The van der Waals surface area contributed by atoms with E-state index in [1.807, 2.05) is 0 Å². The van der Waals surface area contributed by atoms with Crippen molar-refractivity contribution in [2.75, 3.05) is 0 Å². The fraction of sp³-hybridized carbons (Fsp3) is 0.0909. The third kappa shape index (κ3) is 1.96. The predicted molar refractivity (Wildman–Crippen MR) is 67.8 cm³/mol. The van der Waals surface area contributed by atoms with Crippen molar-refractivity contribution in [1.82, 2.24) is 4.98 Å². The lowest BCUT2D eigenvalue weighted by Gasteiger charge is -2.09. The maximum Gasteiger partial charge on any atom is 0.336 e. The summed E-state index contributed by atoms with van der Waals surface area (Å²) in [7, 11) is 0. The number of carboxylic acids is 1. The van der Waals surface area contributed by atoms with E-state index in [4.69, 9.17) is 11.6 Å². The first-order chi connectivity index (χ1) is 7.91. The van der Waals surface area contributed by atoms with Crippen LogP contribution in [-0.2, 0) is 0 Å². The zero-order valence-corrected chi connectivity index (χ0v) is 11.0. The fourth-order valence-electron chi connectivity index (χ4n) is 1.65. The molecule has 0 amide bonds. The number of carbonyl (C=O) groups is 1. The molecule has 1 aromatic carbocycles. The third-order valence-corrected chi connectivity index (χ3v) is 3.26. The smallest absolute Gasteiger partial charge is 0.336 e. The summed E-state index contributed by atoms with van der Waals surface area (Å²) in [6, 6.07) is 3.11. The first-order valence-electron chi connectivity index (χ1n) is 4.63. The molecule has 0 bridgehead atoms. The minimum absolute atomic E-state index is 0.00991. The Morgan fingerprint density at radius 2 is 2.12 bits per heavy atom. The molecule has 0 saturated heterocycles. The molecule has 4 nitrogen and oxygen atoms in total. The van der Waals surface area contributed by atoms with Crippen molar-refractivity contribution in [2.24, 2.45) is 0 Å². The SMILES string of the molecule is Cc1c(O)nc2c(Br)cc(Cl)cc2c1C(=O)O. The molecule has 0 atom stereocenters. The Morgan fingerprint density at radius 1 is 1.47 bits per heavy atom. The monoisotopic (exact) mass is 315 g/mol. The van der Waals surface area contributed by atoms with Gasteiger partial charge in [-0.25, -0.2) is 9.78 Å². The largest absolute Gasteiger partial charge is 0.493 e. The molecule has 0 spiro atoms. The maximum atomic E-state index is 11.2. The Kier molecular flexibility index (Phi) is 2.97. The second-order valence-electron chi connectivity index (χ2n) is 3.52. The molecule has 2 N–H and O–H groups in total. The van der Waals surface area contributed by atoms with Crippen LogP contribution in [0.4, 0.5) is 0 Å².